The monoisotopic (exact) mass is 221 g/mol. The van der Waals surface area contributed by atoms with Crippen molar-refractivity contribution >= 4 is 5.82 Å². The van der Waals surface area contributed by atoms with E-state index >= 15 is 0 Å². The Morgan fingerprint density at radius 2 is 2.00 bits per heavy atom. The van der Waals surface area contributed by atoms with Crippen LogP contribution in [0, 0.1) is 6.92 Å². The molecule has 4 heteroatoms. The van der Waals surface area contributed by atoms with Crippen LogP contribution in [-0.2, 0) is 0 Å². The molecule has 0 unspecified atom stereocenters. The standard InChI is InChI=1S/C12H19N3O/c1-10-5-6-11(15-14-10)13-9-12(16)7-3-2-4-8-12/h5-6,16H,2-4,7-9H2,1H3,(H,13,15). The third kappa shape index (κ3) is 2.92. The number of aryl methyl sites for hydroxylation is 1. The van der Waals surface area contributed by atoms with Crippen LogP contribution in [0.1, 0.15) is 37.8 Å². The van der Waals surface area contributed by atoms with Gasteiger partial charge in [-0.1, -0.05) is 19.3 Å². The van der Waals surface area contributed by atoms with Crippen LogP contribution in [0.5, 0.6) is 0 Å². The SMILES string of the molecule is Cc1ccc(NCC2(O)CCCCC2)nn1. The minimum Gasteiger partial charge on any atom is -0.388 e. The smallest absolute Gasteiger partial charge is 0.148 e. The number of aromatic nitrogens is 2. The van der Waals surface area contributed by atoms with E-state index in [4.69, 9.17) is 0 Å². The van der Waals surface area contributed by atoms with E-state index in [9.17, 15) is 5.11 Å². The molecule has 0 aromatic carbocycles. The molecule has 1 aromatic rings. The van der Waals surface area contributed by atoms with Crippen molar-refractivity contribution in [2.75, 3.05) is 11.9 Å². The first-order valence-corrected chi connectivity index (χ1v) is 5.95. The molecule has 0 saturated heterocycles. The van der Waals surface area contributed by atoms with Gasteiger partial charge in [0, 0.05) is 6.54 Å². The number of nitrogens with one attached hydrogen (secondary N) is 1. The van der Waals surface area contributed by atoms with E-state index in [1.807, 2.05) is 19.1 Å². The fourth-order valence-electron chi connectivity index (χ4n) is 2.13. The quantitative estimate of drug-likeness (QED) is 0.818. The van der Waals surface area contributed by atoms with Crippen LogP contribution in [0.15, 0.2) is 12.1 Å². The van der Waals surface area contributed by atoms with Gasteiger partial charge in [0.15, 0.2) is 0 Å². The molecule has 88 valence electrons. The first-order valence-electron chi connectivity index (χ1n) is 5.95. The highest BCUT2D eigenvalue weighted by molar-refractivity contribution is 5.33. The fraction of sp³-hybridized carbons (Fsp3) is 0.667. The molecular formula is C12H19N3O. The molecule has 0 atom stereocenters. The van der Waals surface area contributed by atoms with Crippen LogP contribution in [-0.4, -0.2) is 27.4 Å². The molecule has 2 N–H and O–H groups in total. The molecule has 1 aliphatic carbocycles. The molecule has 0 radical (unpaired) electrons. The summed E-state index contributed by atoms with van der Waals surface area (Å²) in [7, 11) is 0. The summed E-state index contributed by atoms with van der Waals surface area (Å²) < 4.78 is 0. The zero-order valence-corrected chi connectivity index (χ0v) is 9.74. The molecule has 1 saturated carbocycles. The summed E-state index contributed by atoms with van der Waals surface area (Å²) in [4.78, 5) is 0. The Labute approximate surface area is 96.1 Å². The van der Waals surface area contributed by atoms with Gasteiger partial charge in [0.25, 0.3) is 0 Å². The van der Waals surface area contributed by atoms with E-state index in [0.717, 1.165) is 37.2 Å². The lowest BCUT2D eigenvalue weighted by Gasteiger charge is -2.32. The van der Waals surface area contributed by atoms with Crippen LogP contribution < -0.4 is 5.32 Å². The third-order valence-electron chi connectivity index (χ3n) is 3.18. The number of anilines is 1. The van der Waals surface area contributed by atoms with Gasteiger partial charge in [-0.25, -0.2) is 0 Å². The first-order chi connectivity index (χ1) is 7.68. The average Bonchev–Trinajstić information content (AvgIpc) is 2.29. The third-order valence-corrected chi connectivity index (χ3v) is 3.18. The van der Waals surface area contributed by atoms with Crippen LogP contribution in [0.2, 0.25) is 0 Å². The molecule has 0 spiro atoms. The number of hydrogen-bond acceptors (Lipinski definition) is 4. The Kier molecular flexibility index (Phi) is 3.39. The van der Waals surface area contributed by atoms with Crippen molar-refractivity contribution in [3.8, 4) is 0 Å². The highest BCUT2D eigenvalue weighted by atomic mass is 16.3. The first kappa shape index (κ1) is 11.3. The fourth-order valence-corrected chi connectivity index (χ4v) is 2.13. The van der Waals surface area contributed by atoms with Crippen molar-refractivity contribution in [2.24, 2.45) is 0 Å². The van der Waals surface area contributed by atoms with Crippen molar-refractivity contribution in [1.29, 1.82) is 0 Å². The summed E-state index contributed by atoms with van der Waals surface area (Å²) >= 11 is 0. The van der Waals surface area contributed by atoms with Crippen molar-refractivity contribution in [2.45, 2.75) is 44.6 Å². The van der Waals surface area contributed by atoms with Crippen molar-refractivity contribution in [3.05, 3.63) is 17.8 Å². The Morgan fingerprint density at radius 1 is 1.25 bits per heavy atom. The van der Waals surface area contributed by atoms with E-state index in [1.165, 1.54) is 6.42 Å². The molecule has 2 rings (SSSR count). The van der Waals surface area contributed by atoms with Gasteiger partial charge in [0.2, 0.25) is 0 Å². The van der Waals surface area contributed by atoms with E-state index in [0.29, 0.717) is 6.54 Å². The van der Waals surface area contributed by atoms with Gasteiger partial charge < -0.3 is 10.4 Å². The minimum absolute atomic E-state index is 0.551. The zero-order chi connectivity index (χ0) is 11.4. The molecule has 1 aromatic heterocycles. The van der Waals surface area contributed by atoms with Gasteiger partial charge >= 0.3 is 0 Å². The maximum absolute atomic E-state index is 10.3. The van der Waals surface area contributed by atoms with Gasteiger partial charge in [-0.3, -0.25) is 0 Å². The second-order valence-electron chi connectivity index (χ2n) is 4.70. The molecule has 4 nitrogen and oxygen atoms in total. The van der Waals surface area contributed by atoms with Crippen molar-refractivity contribution < 1.29 is 5.11 Å². The van der Waals surface area contributed by atoms with E-state index in [-0.39, 0.29) is 0 Å². The van der Waals surface area contributed by atoms with Crippen LogP contribution in [0.3, 0.4) is 0 Å². The van der Waals surface area contributed by atoms with Crippen LogP contribution in [0.4, 0.5) is 5.82 Å². The number of rotatable bonds is 3. The normalized spacial score (nSPS) is 19.4. The Morgan fingerprint density at radius 3 is 2.62 bits per heavy atom. The lowest BCUT2D eigenvalue weighted by molar-refractivity contribution is 0.0166. The highest BCUT2D eigenvalue weighted by Crippen LogP contribution is 2.27. The largest absolute Gasteiger partial charge is 0.388 e. The number of hydrogen-bond donors (Lipinski definition) is 2. The topological polar surface area (TPSA) is 58.0 Å². The maximum Gasteiger partial charge on any atom is 0.148 e. The predicted molar refractivity (Wildman–Crippen MR) is 63.3 cm³/mol. The van der Waals surface area contributed by atoms with Gasteiger partial charge in [-0.15, -0.1) is 5.10 Å². The lowest BCUT2D eigenvalue weighted by atomic mass is 9.85. The molecule has 1 aliphatic rings. The van der Waals surface area contributed by atoms with Crippen molar-refractivity contribution in [3.63, 3.8) is 0 Å². The summed E-state index contributed by atoms with van der Waals surface area (Å²) in [5, 5.41) is 21.4. The molecule has 0 aliphatic heterocycles. The second kappa shape index (κ2) is 4.78. The van der Waals surface area contributed by atoms with E-state index in [2.05, 4.69) is 15.5 Å². The van der Waals surface area contributed by atoms with Gasteiger partial charge in [-0.2, -0.15) is 5.10 Å². The minimum atomic E-state index is -0.551. The summed E-state index contributed by atoms with van der Waals surface area (Å²) in [6, 6.07) is 3.81. The summed E-state index contributed by atoms with van der Waals surface area (Å²) in [6.07, 6.45) is 5.26. The van der Waals surface area contributed by atoms with E-state index in [1.54, 1.807) is 0 Å². The molecular weight excluding hydrogens is 202 g/mol. The maximum atomic E-state index is 10.3. The Balaban J connectivity index is 1.88. The summed E-state index contributed by atoms with van der Waals surface area (Å²) in [5.74, 6) is 0.740. The van der Waals surface area contributed by atoms with E-state index < -0.39 is 5.60 Å². The molecule has 0 amide bonds. The molecule has 0 bridgehead atoms. The summed E-state index contributed by atoms with van der Waals surface area (Å²) in [5.41, 5.74) is 0.354. The predicted octanol–water partition coefficient (Wildman–Crippen LogP) is 1.89. The Bertz CT molecular complexity index is 331. The zero-order valence-electron chi connectivity index (χ0n) is 9.74. The van der Waals surface area contributed by atoms with Gasteiger partial charge in [0.05, 0.1) is 11.3 Å². The highest BCUT2D eigenvalue weighted by Gasteiger charge is 2.28. The van der Waals surface area contributed by atoms with Crippen LogP contribution in [0.25, 0.3) is 0 Å². The van der Waals surface area contributed by atoms with Crippen molar-refractivity contribution in [1.82, 2.24) is 10.2 Å². The second-order valence-corrected chi connectivity index (χ2v) is 4.70. The number of nitrogens with zero attached hydrogens (tertiary/aromatic N) is 2. The Hall–Kier alpha value is -1.16. The number of aliphatic hydroxyl groups is 1. The molecule has 1 fully saturated rings. The van der Waals surface area contributed by atoms with Crippen LogP contribution >= 0.6 is 0 Å². The molecule has 1 heterocycles. The average molecular weight is 221 g/mol. The van der Waals surface area contributed by atoms with Gasteiger partial charge in [-0.05, 0) is 31.9 Å². The molecule has 16 heavy (non-hydrogen) atoms. The summed E-state index contributed by atoms with van der Waals surface area (Å²) in [6.45, 7) is 2.48. The van der Waals surface area contributed by atoms with Gasteiger partial charge in [0.1, 0.15) is 5.82 Å². The lowest BCUT2D eigenvalue weighted by Crippen LogP contribution is -2.38.